The zero-order valence-corrected chi connectivity index (χ0v) is 49.7. The Hall–Kier alpha value is -9.80. The average molecular weight is 1200 g/mol. The van der Waals surface area contributed by atoms with E-state index in [9.17, 15) is 20.1 Å². The van der Waals surface area contributed by atoms with Crippen molar-refractivity contribution in [3.8, 4) is 35.1 Å². The summed E-state index contributed by atoms with van der Waals surface area (Å²) in [5, 5.41) is 32.4. The van der Waals surface area contributed by atoms with Crippen molar-refractivity contribution in [1.82, 2.24) is 29.7 Å². The van der Waals surface area contributed by atoms with Crippen LogP contribution in [0.3, 0.4) is 0 Å². The Morgan fingerprint density at radius 2 is 1.14 bits per heavy atom. The van der Waals surface area contributed by atoms with Gasteiger partial charge in [-0.05, 0) is 121 Å². The fourth-order valence-electron chi connectivity index (χ4n) is 8.52. The normalized spacial score (nSPS) is 11.6. The third kappa shape index (κ3) is 17.2. The molecule has 8 aromatic rings. The van der Waals surface area contributed by atoms with Gasteiger partial charge in [-0.3, -0.25) is 24.7 Å². The van der Waals surface area contributed by atoms with Crippen molar-refractivity contribution in [1.29, 1.82) is 10.5 Å². The number of aromatic nitrogens is 4. The number of halogens is 2. The number of benzene rings is 4. The second kappa shape index (κ2) is 31.2. The number of nitrogens with zero attached hydrogens (tertiary/aromatic N) is 9. The summed E-state index contributed by atoms with van der Waals surface area (Å²) in [6, 6.07) is 32.9. The van der Waals surface area contributed by atoms with Gasteiger partial charge < -0.3 is 59.8 Å². The summed E-state index contributed by atoms with van der Waals surface area (Å²) in [5.74, 6) is 0.164. The van der Waals surface area contributed by atoms with Crippen LogP contribution >= 0.6 is 23.2 Å². The molecule has 86 heavy (non-hydrogen) atoms. The van der Waals surface area contributed by atoms with E-state index in [2.05, 4.69) is 48.0 Å². The van der Waals surface area contributed by atoms with Gasteiger partial charge in [0.15, 0.2) is 6.23 Å². The molecule has 8 rings (SSSR count). The van der Waals surface area contributed by atoms with E-state index in [1.807, 2.05) is 106 Å². The number of rotatable bonds is 27. The van der Waals surface area contributed by atoms with Crippen LogP contribution in [0.25, 0.3) is 21.8 Å². The fourth-order valence-corrected chi connectivity index (χ4v) is 8.99. The molecule has 4 aromatic carbocycles. The molecule has 0 saturated heterocycles. The minimum absolute atomic E-state index is 0. The number of carbonyl (C=O) groups is 2. The lowest BCUT2D eigenvalue weighted by Gasteiger charge is -2.24. The lowest BCUT2D eigenvalue weighted by Crippen LogP contribution is -2.30. The first-order valence-corrected chi connectivity index (χ1v) is 27.7. The lowest BCUT2D eigenvalue weighted by molar-refractivity contribution is -0.140. The van der Waals surface area contributed by atoms with Gasteiger partial charge in [-0.1, -0.05) is 53.6 Å². The van der Waals surface area contributed by atoms with Crippen LogP contribution in [0.1, 0.15) is 36.4 Å². The smallest absolute Gasteiger partial charge is 0.333 e. The van der Waals surface area contributed by atoms with Crippen molar-refractivity contribution in [2.24, 2.45) is 0 Å². The highest BCUT2D eigenvalue weighted by Gasteiger charge is 2.23. The molecule has 1 unspecified atom stereocenters. The third-order valence-electron chi connectivity index (χ3n) is 12.5. The van der Waals surface area contributed by atoms with E-state index < -0.39 is 18.1 Å². The Morgan fingerprint density at radius 1 is 0.616 bits per heavy atom. The molecule has 0 aliphatic heterocycles. The van der Waals surface area contributed by atoms with Gasteiger partial charge in [-0.15, -0.1) is 0 Å². The quantitative estimate of drug-likeness (QED) is 0.0187. The average Bonchev–Trinajstić information content (AvgIpc) is 1.35. The van der Waals surface area contributed by atoms with Crippen molar-refractivity contribution >= 4 is 91.0 Å². The molecule has 22 heteroatoms. The number of carbonyl (C=O) groups excluding carboxylic acids is 2. The van der Waals surface area contributed by atoms with Gasteiger partial charge in [0.25, 0.3) is 5.91 Å². The topological polar surface area (TPSA) is 257 Å². The summed E-state index contributed by atoms with van der Waals surface area (Å²) in [4.78, 5) is 51.9. The van der Waals surface area contributed by atoms with E-state index >= 15 is 0 Å². The van der Waals surface area contributed by atoms with Gasteiger partial charge in [0.1, 0.15) is 48.4 Å². The van der Waals surface area contributed by atoms with Crippen molar-refractivity contribution in [3.63, 3.8) is 0 Å². The Kier molecular flexibility index (Phi) is 23.1. The molecular weight excluding hydrogens is 1140 g/mol. The molecule has 442 valence electrons. The van der Waals surface area contributed by atoms with Crippen LogP contribution in [0.5, 0.6) is 23.0 Å². The van der Waals surface area contributed by atoms with E-state index in [1.165, 1.54) is 17.3 Å². The monoisotopic (exact) mass is 1200 g/mol. The summed E-state index contributed by atoms with van der Waals surface area (Å²) in [6.45, 7) is 5.74. The maximum absolute atomic E-state index is 14.7. The van der Waals surface area contributed by atoms with Gasteiger partial charge in [-0.2, -0.15) is 10.5 Å². The number of nitrogens with one attached hydrogen (secondary N) is 3. The van der Waals surface area contributed by atoms with Crippen LogP contribution in [0.15, 0.2) is 158 Å². The van der Waals surface area contributed by atoms with Gasteiger partial charge >= 0.3 is 5.97 Å². The van der Waals surface area contributed by atoms with E-state index in [1.54, 1.807) is 79.1 Å². The Morgan fingerprint density at radius 3 is 1.65 bits per heavy atom. The number of likely N-dealkylation sites (N-methyl/N-ethyl adjacent to an activating group) is 2. The number of pyridine rings is 4. The van der Waals surface area contributed by atoms with Crippen LogP contribution < -0.4 is 39.8 Å². The first-order chi connectivity index (χ1) is 41.2. The first-order valence-electron chi connectivity index (χ1n) is 27.0. The van der Waals surface area contributed by atoms with Crippen molar-refractivity contribution < 1.29 is 38.7 Å². The minimum atomic E-state index is -1.11. The second-order valence-corrected chi connectivity index (χ2v) is 20.2. The standard InChI is InChI=1S/C64H62Cl2N12O7.H2O/c1-7-81-58-34-52-48(63(42(36-67)38-71-52)73-44-19-21-56(50(65)30-44)83-40-46-16-9-11-25-69-46)32-54(58)75-60(18-15-28-77(5)6)85-62(80)24-23-61(79)78(29-14-13-27-76(3)4)55-33-49-53(35-59(55)82-8-2)72-39-43(37-68)64(49)74-45-20-22-57(51(66)31-45)84-41-47-17-10-12-26-70-47;/h9-26,30-35,38-39,60,75H,7-8,27-29,40-41H2,1-6H3,(H,71,73)(H,72,74);1H2/b14-13+,18-15+,24-23-;. The predicted octanol–water partition coefficient (Wildman–Crippen LogP) is 11.3. The highest BCUT2D eigenvalue weighted by Crippen LogP contribution is 2.41. The van der Waals surface area contributed by atoms with Crippen molar-refractivity contribution in [3.05, 3.63) is 191 Å². The lowest BCUT2D eigenvalue weighted by atomic mass is 10.1. The van der Waals surface area contributed by atoms with E-state index in [0.29, 0.717) is 102 Å². The maximum Gasteiger partial charge on any atom is 0.333 e. The minimum Gasteiger partial charge on any atom is -0.492 e. The Labute approximate surface area is 508 Å². The SMILES string of the molecule is CCOc1cc2ncc(C#N)c(Nc3ccc(OCc4ccccn4)c(Cl)c3)c2cc1NC(/C=C/CN(C)C)OC(=O)/C=C\C(=O)N(C/C=C/CN(C)C)c1cc2c(Nc3ccc(OCc4ccccn4)c(Cl)c3)c(C#N)cnc2cc1OCC.O. The van der Waals surface area contributed by atoms with Crippen LogP contribution in [0, 0.1) is 22.7 Å². The van der Waals surface area contributed by atoms with Gasteiger partial charge in [0, 0.05) is 90.9 Å². The molecule has 4 aromatic heterocycles. The zero-order valence-electron chi connectivity index (χ0n) is 48.2. The first kappa shape index (κ1) is 63.8. The highest BCUT2D eigenvalue weighted by molar-refractivity contribution is 6.32. The number of hydrogen-bond donors (Lipinski definition) is 3. The molecule has 0 aliphatic rings. The number of fused-ring (bicyclic) bond motifs is 2. The molecule has 4 heterocycles. The Balaban J connectivity index is 0.0000106. The molecule has 1 atom stereocenters. The molecule has 5 N–H and O–H groups in total. The largest absolute Gasteiger partial charge is 0.492 e. The number of hydrogen-bond acceptors (Lipinski definition) is 18. The van der Waals surface area contributed by atoms with Crippen LogP contribution in [-0.4, -0.2) is 114 Å². The van der Waals surface area contributed by atoms with E-state index in [-0.39, 0.29) is 49.6 Å². The molecule has 0 radical (unpaired) electrons. The van der Waals surface area contributed by atoms with Gasteiger partial charge in [-0.25, -0.2) is 4.79 Å². The summed E-state index contributed by atoms with van der Waals surface area (Å²) < 4.78 is 30.2. The van der Waals surface area contributed by atoms with E-state index in [0.717, 1.165) is 23.5 Å². The maximum atomic E-state index is 14.7. The summed E-state index contributed by atoms with van der Waals surface area (Å²) in [6.07, 6.45) is 14.6. The van der Waals surface area contributed by atoms with Crippen LogP contribution in [0.2, 0.25) is 10.0 Å². The molecule has 0 aliphatic carbocycles. The van der Waals surface area contributed by atoms with Gasteiger partial charge in [0.05, 0.1) is 79.6 Å². The molecule has 20 nitrogen and oxygen atoms in total. The van der Waals surface area contributed by atoms with Crippen molar-refractivity contribution in [2.45, 2.75) is 33.3 Å². The van der Waals surface area contributed by atoms with E-state index in [4.69, 9.17) is 46.9 Å². The summed E-state index contributed by atoms with van der Waals surface area (Å²) >= 11 is 13.5. The number of esters is 1. The van der Waals surface area contributed by atoms with Crippen molar-refractivity contribution in [2.75, 3.05) is 81.9 Å². The van der Waals surface area contributed by atoms with Crippen LogP contribution in [0.4, 0.5) is 34.1 Å². The number of anilines is 6. The third-order valence-corrected chi connectivity index (χ3v) is 13.1. The number of ether oxygens (including phenoxy) is 5. The van der Waals surface area contributed by atoms with Gasteiger partial charge in [0.2, 0.25) is 0 Å². The Bertz CT molecular complexity index is 3840. The highest BCUT2D eigenvalue weighted by atomic mass is 35.5. The second-order valence-electron chi connectivity index (χ2n) is 19.4. The fraction of sp³-hybridized carbons (Fsp3) is 0.219. The molecule has 0 fully saturated rings. The molecular formula is C64H64Cl2N12O8. The molecule has 0 saturated carbocycles. The molecule has 0 bridgehead atoms. The molecule has 1 amide bonds. The predicted molar refractivity (Wildman–Crippen MR) is 336 cm³/mol. The summed E-state index contributed by atoms with van der Waals surface area (Å²) in [5.41, 5.74) is 5.60. The summed E-state index contributed by atoms with van der Waals surface area (Å²) in [7, 11) is 7.65. The zero-order chi connectivity index (χ0) is 60.2. The van der Waals surface area contributed by atoms with Crippen LogP contribution in [-0.2, 0) is 27.5 Å². The number of amides is 1. The number of nitriles is 2. The molecule has 0 spiro atoms.